The second-order valence-electron chi connectivity index (χ2n) is 5.19. The van der Waals surface area contributed by atoms with E-state index in [0.29, 0.717) is 25.6 Å². The number of halogens is 1. The highest BCUT2D eigenvalue weighted by Gasteiger charge is 2.07. The van der Waals surface area contributed by atoms with Crippen molar-refractivity contribution >= 4 is 17.5 Å². The first-order chi connectivity index (χ1) is 11.8. The van der Waals surface area contributed by atoms with Gasteiger partial charge in [0.05, 0.1) is 0 Å². The average molecular weight is 344 g/mol. The molecule has 0 unspecified atom stereocenters. The van der Waals surface area contributed by atoms with Gasteiger partial charge in [-0.1, -0.05) is 47.0 Å². The number of hydrogen-bond donors (Lipinski definition) is 1. The number of anilines is 1. The van der Waals surface area contributed by atoms with Crippen molar-refractivity contribution in [1.29, 1.82) is 0 Å². The summed E-state index contributed by atoms with van der Waals surface area (Å²) in [6, 6.07) is 15.5. The molecular formula is C17H18ClN5O. The van der Waals surface area contributed by atoms with Crippen LogP contribution in [0, 0.1) is 0 Å². The zero-order chi connectivity index (χ0) is 16.8. The summed E-state index contributed by atoms with van der Waals surface area (Å²) in [6.45, 7) is 3.77. The Morgan fingerprint density at radius 2 is 1.92 bits per heavy atom. The van der Waals surface area contributed by atoms with E-state index in [0.717, 1.165) is 21.9 Å². The van der Waals surface area contributed by atoms with Crippen molar-refractivity contribution in [3.63, 3.8) is 0 Å². The number of tetrazole rings is 1. The number of benzene rings is 2. The number of hydrogen-bond acceptors (Lipinski definition) is 5. The van der Waals surface area contributed by atoms with Crippen molar-refractivity contribution < 1.29 is 4.74 Å². The van der Waals surface area contributed by atoms with Crippen LogP contribution < -0.4 is 10.1 Å². The van der Waals surface area contributed by atoms with Gasteiger partial charge >= 0.3 is 0 Å². The molecule has 0 bridgehead atoms. The first-order valence-electron chi connectivity index (χ1n) is 7.71. The third-order valence-corrected chi connectivity index (χ3v) is 3.80. The fraction of sp³-hybridized carbons (Fsp3) is 0.235. The van der Waals surface area contributed by atoms with Gasteiger partial charge in [0, 0.05) is 23.7 Å². The van der Waals surface area contributed by atoms with E-state index in [4.69, 9.17) is 16.3 Å². The van der Waals surface area contributed by atoms with Crippen molar-refractivity contribution in [2.24, 2.45) is 0 Å². The normalized spacial score (nSPS) is 10.6. The first-order valence-corrected chi connectivity index (χ1v) is 8.09. The summed E-state index contributed by atoms with van der Waals surface area (Å²) in [7, 11) is 0. The second kappa shape index (κ2) is 7.79. The third kappa shape index (κ3) is 4.02. The Labute approximate surface area is 145 Å². The molecule has 0 spiro atoms. The van der Waals surface area contributed by atoms with Crippen LogP contribution in [0.3, 0.4) is 0 Å². The van der Waals surface area contributed by atoms with Gasteiger partial charge in [-0.3, -0.25) is 0 Å². The van der Waals surface area contributed by atoms with Gasteiger partial charge in [0.2, 0.25) is 5.95 Å². The van der Waals surface area contributed by atoms with Gasteiger partial charge < -0.3 is 10.1 Å². The van der Waals surface area contributed by atoms with Gasteiger partial charge in [0.25, 0.3) is 0 Å². The fourth-order valence-electron chi connectivity index (χ4n) is 2.25. The monoisotopic (exact) mass is 343 g/mol. The van der Waals surface area contributed by atoms with Crippen LogP contribution in [0.4, 0.5) is 5.95 Å². The smallest absolute Gasteiger partial charge is 0.243 e. The number of aryl methyl sites for hydroxylation is 1. The van der Waals surface area contributed by atoms with Crippen LogP contribution in [0.1, 0.15) is 18.1 Å². The molecule has 0 saturated carbocycles. The molecule has 7 heteroatoms. The molecule has 0 aliphatic heterocycles. The van der Waals surface area contributed by atoms with Crippen molar-refractivity contribution in [3.8, 4) is 5.75 Å². The van der Waals surface area contributed by atoms with E-state index in [1.54, 1.807) is 4.68 Å². The van der Waals surface area contributed by atoms with Crippen LogP contribution >= 0.6 is 11.6 Å². The highest BCUT2D eigenvalue weighted by Crippen LogP contribution is 2.21. The molecule has 0 aliphatic rings. The minimum Gasteiger partial charge on any atom is -0.489 e. The topological polar surface area (TPSA) is 64.9 Å². The lowest BCUT2D eigenvalue weighted by molar-refractivity contribution is 0.303. The third-order valence-electron chi connectivity index (χ3n) is 3.55. The molecule has 3 rings (SSSR count). The molecule has 0 radical (unpaired) electrons. The van der Waals surface area contributed by atoms with E-state index < -0.39 is 0 Å². The maximum atomic E-state index is 5.95. The van der Waals surface area contributed by atoms with Crippen molar-refractivity contribution in [2.75, 3.05) is 5.32 Å². The lowest BCUT2D eigenvalue weighted by Crippen LogP contribution is -2.09. The van der Waals surface area contributed by atoms with Crippen LogP contribution in [0.25, 0.3) is 0 Å². The number of nitrogens with one attached hydrogen (secondary N) is 1. The van der Waals surface area contributed by atoms with Crippen LogP contribution in [-0.2, 0) is 19.7 Å². The molecule has 3 aromatic rings. The van der Waals surface area contributed by atoms with Crippen LogP contribution in [0.2, 0.25) is 5.02 Å². The molecule has 6 nitrogen and oxygen atoms in total. The van der Waals surface area contributed by atoms with E-state index in [-0.39, 0.29) is 0 Å². The molecule has 0 amide bonds. The van der Waals surface area contributed by atoms with Gasteiger partial charge in [0.1, 0.15) is 12.4 Å². The number of ether oxygens (including phenoxy) is 1. The average Bonchev–Trinajstić information content (AvgIpc) is 3.08. The summed E-state index contributed by atoms with van der Waals surface area (Å²) < 4.78 is 7.65. The standard InChI is InChI=1S/C17H18ClN5O/c1-2-23-17(20-21-22-23)19-11-14-5-3-4-6-16(14)24-12-13-7-9-15(18)10-8-13/h3-10H,2,11-12H2,1H3,(H,19,20,22). The lowest BCUT2D eigenvalue weighted by atomic mass is 10.2. The highest BCUT2D eigenvalue weighted by atomic mass is 35.5. The van der Waals surface area contributed by atoms with Crippen molar-refractivity contribution in [2.45, 2.75) is 26.6 Å². The zero-order valence-corrected chi connectivity index (χ0v) is 14.1. The molecule has 1 N–H and O–H groups in total. The quantitative estimate of drug-likeness (QED) is 0.710. The molecule has 1 aromatic heterocycles. The Bertz CT molecular complexity index is 788. The number of nitrogens with zero attached hydrogens (tertiary/aromatic N) is 4. The van der Waals surface area contributed by atoms with E-state index in [1.807, 2.05) is 55.5 Å². The molecule has 0 fully saturated rings. The summed E-state index contributed by atoms with van der Waals surface area (Å²) in [5, 5.41) is 15.5. The Kier molecular flexibility index (Phi) is 5.28. The molecule has 1 heterocycles. The van der Waals surface area contributed by atoms with Gasteiger partial charge in [-0.05, 0) is 41.1 Å². The van der Waals surface area contributed by atoms with Gasteiger partial charge in [0.15, 0.2) is 0 Å². The Morgan fingerprint density at radius 3 is 2.71 bits per heavy atom. The highest BCUT2D eigenvalue weighted by molar-refractivity contribution is 6.30. The summed E-state index contributed by atoms with van der Waals surface area (Å²) in [6.07, 6.45) is 0. The van der Waals surface area contributed by atoms with Crippen molar-refractivity contribution in [3.05, 3.63) is 64.7 Å². The summed E-state index contributed by atoms with van der Waals surface area (Å²) in [5.41, 5.74) is 2.11. The predicted octanol–water partition coefficient (Wildman–Crippen LogP) is 3.54. The van der Waals surface area contributed by atoms with E-state index in [1.165, 1.54) is 0 Å². The van der Waals surface area contributed by atoms with Crippen molar-refractivity contribution in [1.82, 2.24) is 20.2 Å². The number of aromatic nitrogens is 4. The largest absolute Gasteiger partial charge is 0.489 e. The molecule has 124 valence electrons. The SMILES string of the molecule is CCn1nnnc1NCc1ccccc1OCc1ccc(Cl)cc1. The predicted molar refractivity (Wildman–Crippen MR) is 93.0 cm³/mol. The number of rotatable bonds is 7. The van der Waals surface area contributed by atoms with Gasteiger partial charge in [-0.2, -0.15) is 0 Å². The minimum absolute atomic E-state index is 0.487. The minimum atomic E-state index is 0.487. The maximum absolute atomic E-state index is 5.95. The lowest BCUT2D eigenvalue weighted by Gasteiger charge is -2.12. The van der Waals surface area contributed by atoms with E-state index in [2.05, 4.69) is 20.8 Å². The summed E-state index contributed by atoms with van der Waals surface area (Å²) in [5.74, 6) is 1.47. The summed E-state index contributed by atoms with van der Waals surface area (Å²) in [4.78, 5) is 0. The second-order valence-corrected chi connectivity index (χ2v) is 5.63. The molecule has 0 aliphatic carbocycles. The van der Waals surface area contributed by atoms with Crippen LogP contribution in [0.15, 0.2) is 48.5 Å². The Morgan fingerprint density at radius 1 is 1.12 bits per heavy atom. The molecule has 2 aromatic carbocycles. The summed E-state index contributed by atoms with van der Waals surface area (Å²) >= 11 is 5.90. The van der Waals surface area contributed by atoms with Crippen LogP contribution in [0.5, 0.6) is 5.75 Å². The van der Waals surface area contributed by atoms with Crippen LogP contribution in [-0.4, -0.2) is 20.2 Å². The molecule has 0 saturated heterocycles. The Hall–Kier alpha value is -2.60. The zero-order valence-electron chi connectivity index (χ0n) is 13.3. The molecule has 24 heavy (non-hydrogen) atoms. The van der Waals surface area contributed by atoms with Gasteiger partial charge in [-0.25, -0.2) is 4.68 Å². The first kappa shape index (κ1) is 16.3. The number of para-hydroxylation sites is 1. The molecule has 0 atom stereocenters. The van der Waals surface area contributed by atoms with E-state index in [9.17, 15) is 0 Å². The van der Waals surface area contributed by atoms with E-state index >= 15 is 0 Å². The molecular weight excluding hydrogens is 326 g/mol. The maximum Gasteiger partial charge on any atom is 0.243 e. The fourth-order valence-corrected chi connectivity index (χ4v) is 2.38. The van der Waals surface area contributed by atoms with Gasteiger partial charge in [-0.15, -0.1) is 0 Å². The Balaban J connectivity index is 1.65.